The molecule has 0 aliphatic carbocycles. The SMILES string of the molecule is CN(C)CCNC(=O)[C@H](CC(=O)C(C)(C)C)N(C)C(O)C(C)(C)C. The van der Waals surface area contributed by atoms with Gasteiger partial charge in [0.25, 0.3) is 0 Å². The molecule has 0 aliphatic rings. The quantitative estimate of drug-likeness (QED) is 0.651. The number of hydrogen-bond acceptors (Lipinski definition) is 5. The van der Waals surface area contributed by atoms with Gasteiger partial charge in [-0.1, -0.05) is 41.5 Å². The third-order valence-corrected chi connectivity index (χ3v) is 4.03. The van der Waals surface area contributed by atoms with Gasteiger partial charge in [-0.2, -0.15) is 0 Å². The summed E-state index contributed by atoms with van der Waals surface area (Å²) in [5.41, 5.74) is -0.933. The molecular weight excluding hydrogens is 306 g/mol. The minimum atomic E-state index is -0.824. The van der Waals surface area contributed by atoms with E-state index in [0.29, 0.717) is 6.54 Å². The van der Waals surface area contributed by atoms with E-state index in [0.717, 1.165) is 6.54 Å². The Morgan fingerprint density at radius 2 is 1.54 bits per heavy atom. The second-order valence-electron chi connectivity index (χ2n) is 8.89. The minimum Gasteiger partial charge on any atom is -0.378 e. The Bertz CT molecular complexity index is 422. The van der Waals surface area contributed by atoms with Crippen LogP contribution in [0.2, 0.25) is 0 Å². The van der Waals surface area contributed by atoms with E-state index in [2.05, 4.69) is 5.32 Å². The molecule has 0 saturated carbocycles. The number of carbonyl (C=O) groups excluding carboxylic acids is 2. The average Bonchev–Trinajstić information content (AvgIpc) is 2.40. The third kappa shape index (κ3) is 7.73. The van der Waals surface area contributed by atoms with Crippen LogP contribution in [0.1, 0.15) is 48.0 Å². The molecule has 0 radical (unpaired) electrons. The van der Waals surface area contributed by atoms with Crippen LogP contribution in [0, 0.1) is 10.8 Å². The van der Waals surface area contributed by atoms with Crippen LogP contribution in [0.5, 0.6) is 0 Å². The van der Waals surface area contributed by atoms with Gasteiger partial charge in [-0.05, 0) is 21.1 Å². The summed E-state index contributed by atoms with van der Waals surface area (Å²) in [5.74, 6) is -0.219. The number of aliphatic hydroxyl groups excluding tert-OH is 1. The minimum absolute atomic E-state index is 0.00298. The van der Waals surface area contributed by atoms with Crippen molar-refractivity contribution >= 4 is 11.7 Å². The summed E-state index contributed by atoms with van der Waals surface area (Å²) < 4.78 is 0. The van der Waals surface area contributed by atoms with Gasteiger partial charge in [0.05, 0.1) is 6.04 Å². The van der Waals surface area contributed by atoms with Gasteiger partial charge < -0.3 is 15.3 Å². The number of aliphatic hydroxyl groups is 1. The van der Waals surface area contributed by atoms with E-state index in [-0.39, 0.29) is 18.1 Å². The lowest BCUT2D eigenvalue weighted by atomic mass is 9.85. The monoisotopic (exact) mass is 343 g/mol. The first-order valence-corrected chi connectivity index (χ1v) is 8.53. The summed E-state index contributed by atoms with van der Waals surface area (Å²) in [6, 6.07) is -0.687. The van der Waals surface area contributed by atoms with E-state index < -0.39 is 23.1 Å². The van der Waals surface area contributed by atoms with Crippen LogP contribution in [0.15, 0.2) is 0 Å². The highest BCUT2D eigenvalue weighted by Gasteiger charge is 2.36. The van der Waals surface area contributed by atoms with Crippen molar-refractivity contribution in [3.05, 3.63) is 0 Å². The number of nitrogens with zero attached hydrogens (tertiary/aromatic N) is 2. The molecule has 0 fully saturated rings. The van der Waals surface area contributed by atoms with Crippen LogP contribution in [0.25, 0.3) is 0 Å². The summed E-state index contributed by atoms with van der Waals surface area (Å²) >= 11 is 0. The molecule has 0 aromatic carbocycles. The van der Waals surface area contributed by atoms with Gasteiger partial charge in [-0.15, -0.1) is 0 Å². The smallest absolute Gasteiger partial charge is 0.237 e. The van der Waals surface area contributed by atoms with E-state index >= 15 is 0 Å². The maximum Gasteiger partial charge on any atom is 0.237 e. The van der Waals surface area contributed by atoms with Crippen molar-refractivity contribution in [2.24, 2.45) is 10.8 Å². The van der Waals surface area contributed by atoms with Gasteiger partial charge in [0.1, 0.15) is 12.0 Å². The summed E-state index contributed by atoms with van der Waals surface area (Å²) in [4.78, 5) is 28.6. The van der Waals surface area contributed by atoms with Gasteiger partial charge in [0.2, 0.25) is 5.91 Å². The van der Waals surface area contributed by atoms with Crippen molar-refractivity contribution in [2.45, 2.75) is 60.2 Å². The highest BCUT2D eigenvalue weighted by atomic mass is 16.3. The molecule has 0 bridgehead atoms. The zero-order valence-corrected chi connectivity index (χ0v) is 16.9. The Morgan fingerprint density at radius 1 is 1.04 bits per heavy atom. The molecule has 6 heteroatoms. The summed E-state index contributed by atoms with van der Waals surface area (Å²) in [5, 5.41) is 13.4. The predicted molar refractivity (Wildman–Crippen MR) is 97.7 cm³/mol. The van der Waals surface area contributed by atoms with Gasteiger partial charge in [-0.3, -0.25) is 14.5 Å². The highest BCUT2D eigenvalue weighted by molar-refractivity contribution is 5.91. The van der Waals surface area contributed by atoms with Gasteiger partial charge in [-0.25, -0.2) is 0 Å². The van der Waals surface area contributed by atoms with Crippen molar-refractivity contribution in [1.29, 1.82) is 0 Å². The van der Waals surface area contributed by atoms with Crippen molar-refractivity contribution in [3.8, 4) is 0 Å². The van der Waals surface area contributed by atoms with Crippen LogP contribution < -0.4 is 5.32 Å². The molecule has 0 saturated heterocycles. The molecule has 0 heterocycles. The van der Waals surface area contributed by atoms with E-state index in [1.807, 2.05) is 60.5 Å². The summed E-state index contributed by atoms with van der Waals surface area (Å²) in [6.07, 6.45) is -0.740. The largest absolute Gasteiger partial charge is 0.378 e. The molecule has 2 N–H and O–H groups in total. The van der Waals surface area contributed by atoms with Gasteiger partial charge >= 0.3 is 0 Å². The Labute approximate surface area is 147 Å². The van der Waals surface area contributed by atoms with Gasteiger partial charge in [0, 0.05) is 30.3 Å². The molecule has 2 atom stereocenters. The maximum atomic E-state index is 12.6. The first kappa shape index (κ1) is 23.0. The normalized spacial score (nSPS) is 15.5. The second kappa shape index (κ2) is 8.92. The molecule has 0 aromatic rings. The van der Waals surface area contributed by atoms with Crippen LogP contribution in [0.3, 0.4) is 0 Å². The number of hydrogen-bond donors (Lipinski definition) is 2. The molecule has 6 nitrogen and oxygen atoms in total. The number of nitrogens with one attached hydrogen (secondary N) is 1. The Balaban J connectivity index is 5.21. The third-order valence-electron chi connectivity index (χ3n) is 4.03. The fourth-order valence-corrected chi connectivity index (χ4v) is 2.21. The fourth-order valence-electron chi connectivity index (χ4n) is 2.21. The Morgan fingerprint density at radius 3 is 1.92 bits per heavy atom. The molecule has 0 aliphatic heterocycles. The van der Waals surface area contributed by atoms with E-state index in [9.17, 15) is 14.7 Å². The number of carbonyl (C=O) groups is 2. The molecule has 0 spiro atoms. The van der Waals surface area contributed by atoms with Crippen molar-refractivity contribution in [2.75, 3.05) is 34.2 Å². The predicted octanol–water partition coefficient (Wildman–Crippen LogP) is 1.33. The number of Topliss-reactive ketones (excluding diaryl/α,β-unsaturated/α-hetero) is 1. The van der Waals surface area contributed by atoms with Crippen LogP contribution in [0.4, 0.5) is 0 Å². The first-order valence-electron chi connectivity index (χ1n) is 8.53. The number of rotatable bonds is 8. The second-order valence-corrected chi connectivity index (χ2v) is 8.89. The van der Waals surface area contributed by atoms with Crippen molar-refractivity contribution < 1.29 is 14.7 Å². The van der Waals surface area contributed by atoms with Crippen LogP contribution in [-0.4, -0.2) is 73.1 Å². The summed E-state index contributed by atoms with van der Waals surface area (Å²) in [6.45, 7) is 12.5. The molecule has 0 aromatic heterocycles. The van der Waals surface area contributed by atoms with E-state index in [1.165, 1.54) is 0 Å². The molecule has 142 valence electrons. The lowest BCUT2D eigenvalue weighted by Crippen LogP contribution is -2.54. The molecule has 0 rings (SSSR count). The van der Waals surface area contributed by atoms with E-state index in [1.54, 1.807) is 11.9 Å². The van der Waals surface area contributed by atoms with Crippen LogP contribution in [-0.2, 0) is 9.59 Å². The first-order chi connectivity index (χ1) is 10.7. The molecule has 1 amide bonds. The van der Waals surface area contributed by atoms with E-state index in [4.69, 9.17) is 0 Å². The lowest BCUT2D eigenvalue weighted by molar-refractivity contribution is -0.142. The standard InChI is InChI=1S/C18H37N3O3/c1-17(2,3)14(22)12-13(15(23)19-10-11-20(7)8)21(9)16(24)18(4,5)6/h13,16,24H,10-12H2,1-9H3,(H,19,23)/t13-,16?/m0/s1. The number of amides is 1. The molecule has 24 heavy (non-hydrogen) atoms. The Kier molecular flexibility index (Phi) is 8.56. The van der Waals surface area contributed by atoms with Crippen molar-refractivity contribution in [1.82, 2.24) is 15.1 Å². The average molecular weight is 344 g/mol. The Hall–Kier alpha value is -0.980. The maximum absolute atomic E-state index is 12.6. The zero-order chi connectivity index (χ0) is 19.3. The fraction of sp³-hybridized carbons (Fsp3) is 0.889. The molecular formula is C18H37N3O3. The number of ketones is 1. The molecule has 1 unspecified atom stereocenters. The highest BCUT2D eigenvalue weighted by Crippen LogP contribution is 2.25. The van der Waals surface area contributed by atoms with Gasteiger partial charge in [0.15, 0.2) is 0 Å². The topological polar surface area (TPSA) is 72.9 Å². The zero-order valence-electron chi connectivity index (χ0n) is 16.9. The van der Waals surface area contributed by atoms with Crippen molar-refractivity contribution in [3.63, 3.8) is 0 Å². The summed E-state index contributed by atoms with van der Waals surface area (Å²) in [7, 11) is 5.56. The number of likely N-dealkylation sites (N-methyl/N-ethyl adjacent to an activating group) is 2. The lowest BCUT2D eigenvalue weighted by Gasteiger charge is -2.38. The van der Waals surface area contributed by atoms with Crippen LogP contribution >= 0.6 is 0 Å².